The molecule has 3 aliphatic rings. The molecule has 3 aliphatic heterocycles. The topological polar surface area (TPSA) is 126 Å². The Balaban J connectivity index is 1.50. The summed E-state index contributed by atoms with van der Waals surface area (Å²) in [6.07, 6.45) is 1.97. The number of non-ortho nitro benzene ring substituents is 2. The van der Waals surface area contributed by atoms with Crippen LogP contribution in [0.4, 0.5) is 11.4 Å². The third-order valence-corrected chi connectivity index (χ3v) is 7.21. The zero-order chi connectivity index (χ0) is 26.6. The number of hydrogen-bond donors (Lipinski definition) is 2. The van der Waals surface area contributed by atoms with E-state index >= 15 is 0 Å². The van der Waals surface area contributed by atoms with Crippen molar-refractivity contribution < 1.29 is 14.6 Å². The molecule has 12 heteroatoms. The molecular weight excluding hydrogens is 508 g/mol. The van der Waals surface area contributed by atoms with Gasteiger partial charge in [0.25, 0.3) is 11.4 Å². The molecular formula is C26H28N6O5S. The Hall–Kier alpha value is -3.71. The van der Waals surface area contributed by atoms with Crippen molar-refractivity contribution in [1.29, 1.82) is 0 Å². The van der Waals surface area contributed by atoms with E-state index in [1.807, 2.05) is 12.1 Å². The molecule has 2 aromatic rings. The SMILES string of the molecule is O=[N+]([O-])c1ccc(C2NC(=S)NC3=C2CN(CCN2CCOCC2)C/C3=C\c2cccc([N+](=O)[O-])c2)cc1. The average molecular weight is 537 g/mol. The van der Waals surface area contributed by atoms with Gasteiger partial charge in [-0.2, -0.15) is 0 Å². The van der Waals surface area contributed by atoms with E-state index in [1.165, 1.54) is 18.2 Å². The van der Waals surface area contributed by atoms with Gasteiger partial charge in [0.05, 0.1) is 29.1 Å². The summed E-state index contributed by atoms with van der Waals surface area (Å²) in [4.78, 5) is 26.5. The van der Waals surface area contributed by atoms with E-state index in [4.69, 9.17) is 17.0 Å². The van der Waals surface area contributed by atoms with Gasteiger partial charge in [0.2, 0.25) is 0 Å². The fourth-order valence-electron chi connectivity index (χ4n) is 5.05. The number of thiocarbonyl (C=S) groups is 1. The average Bonchev–Trinajstić information content (AvgIpc) is 2.92. The van der Waals surface area contributed by atoms with Crippen LogP contribution in [0.25, 0.3) is 6.08 Å². The molecule has 0 saturated carbocycles. The summed E-state index contributed by atoms with van der Waals surface area (Å²) >= 11 is 5.54. The molecule has 2 N–H and O–H groups in total. The quantitative estimate of drug-likeness (QED) is 0.310. The molecule has 198 valence electrons. The van der Waals surface area contributed by atoms with Crippen molar-refractivity contribution in [2.24, 2.45) is 0 Å². The van der Waals surface area contributed by atoms with E-state index in [1.54, 1.807) is 24.3 Å². The van der Waals surface area contributed by atoms with E-state index in [2.05, 4.69) is 20.4 Å². The van der Waals surface area contributed by atoms with Crippen molar-refractivity contribution >= 4 is 34.8 Å². The predicted octanol–water partition coefficient (Wildman–Crippen LogP) is 3.01. The van der Waals surface area contributed by atoms with Gasteiger partial charge in [-0.05, 0) is 52.7 Å². The summed E-state index contributed by atoms with van der Waals surface area (Å²) in [5.74, 6) is 0. The minimum atomic E-state index is -0.414. The van der Waals surface area contributed by atoms with Gasteiger partial charge >= 0.3 is 0 Å². The van der Waals surface area contributed by atoms with Crippen molar-refractivity contribution in [1.82, 2.24) is 20.4 Å². The summed E-state index contributed by atoms with van der Waals surface area (Å²) in [6, 6.07) is 12.8. The van der Waals surface area contributed by atoms with Crippen LogP contribution in [-0.4, -0.2) is 77.2 Å². The lowest BCUT2D eigenvalue weighted by molar-refractivity contribution is -0.385. The maximum absolute atomic E-state index is 11.3. The van der Waals surface area contributed by atoms with E-state index in [9.17, 15) is 20.2 Å². The third-order valence-electron chi connectivity index (χ3n) is 6.99. The fraction of sp³-hybridized carbons (Fsp3) is 0.346. The number of nitrogens with one attached hydrogen (secondary N) is 2. The van der Waals surface area contributed by atoms with Gasteiger partial charge in [0.15, 0.2) is 5.11 Å². The molecule has 2 aromatic carbocycles. The first-order valence-electron chi connectivity index (χ1n) is 12.4. The van der Waals surface area contributed by atoms with Crippen molar-refractivity contribution in [2.45, 2.75) is 6.04 Å². The molecule has 3 heterocycles. The number of nitro groups is 2. The summed E-state index contributed by atoms with van der Waals surface area (Å²) in [6.45, 7) is 6.34. The monoisotopic (exact) mass is 536 g/mol. The zero-order valence-corrected chi connectivity index (χ0v) is 21.5. The normalized spacial score (nSPS) is 21.5. The Morgan fingerprint density at radius 2 is 1.68 bits per heavy atom. The molecule has 11 nitrogen and oxygen atoms in total. The Morgan fingerprint density at radius 3 is 2.39 bits per heavy atom. The van der Waals surface area contributed by atoms with Crippen LogP contribution in [0.5, 0.6) is 0 Å². The lowest BCUT2D eigenvalue weighted by Gasteiger charge is -2.41. The molecule has 1 saturated heterocycles. The van der Waals surface area contributed by atoms with Crippen LogP contribution in [0.15, 0.2) is 65.4 Å². The van der Waals surface area contributed by atoms with Gasteiger partial charge in [-0.25, -0.2) is 0 Å². The molecule has 1 unspecified atom stereocenters. The number of rotatable bonds is 7. The van der Waals surface area contributed by atoms with Gasteiger partial charge in [-0.15, -0.1) is 0 Å². The van der Waals surface area contributed by atoms with Crippen LogP contribution in [0.3, 0.4) is 0 Å². The number of benzene rings is 2. The first kappa shape index (κ1) is 25.9. The minimum Gasteiger partial charge on any atom is -0.379 e. The van der Waals surface area contributed by atoms with Crippen LogP contribution < -0.4 is 10.6 Å². The maximum Gasteiger partial charge on any atom is 0.270 e. The molecule has 5 rings (SSSR count). The lowest BCUT2D eigenvalue weighted by Crippen LogP contribution is -2.51. The summed E-state index contributed by atoms with van der Waals surface area (Å²) in [5.41, 5.74) is 4.60. The highest BCUT2D eigenvalue weighted by molar-refractivity contribution is 7.80. The van der Waals surface area contributed by atoms with E-state index < -0.39 is 9.85 Å². The smallest absolute Gasteiger partial charge is 0.270 e. The van der Waals surface area contributed by atoms with Crippen LogP contribution in [0.1, 0.15) is 17.2 Å². The Kier molecular flexibility index (Phi) is 7.74. The number of morpholine rings is 1. The molecule has 0 bridgehead atoms. The van der Waals surface area contributed by atoms with E-state index in [0.29, 0.717) is 18.2 Å². The van der Waals surface area contributed by atoms with Gasteiger partial charge in [0.1, 0.15) is 0 Å². The molecule has 1 atom stereocenters. The standard InChI is InChI=1S/C26H28N6O5S/c33-31(34)21-6-4-19(5-7-21)24-23-17-30(9-8-29-10-12-37-13-11-29)16-20(25(23)28-26(38)27-24)14-18-2-1-3-22(15-18)32(35)36/h1-7,14-15,24H,8-13,16-17H2,(H2,27,28,38)/b20-14+. The van der Waals surface area contributed by atoms with E-state index in [-0.39, 0.29) is 17.4 Å². The van der Waals surface area contributed by atoms with Crippen LogP contribution in [0, 0.1) is 20.2 Å². The van der Waals surface area contributed by atoms with Crippen molar-refractivity contribution in [3.8, 4) is 0 Å². The van der Waals surface area contributed by atoms with Crippen molar-refractivity contribution in [3.05, 3.63) is 96.7 Å². The van der Waals surface area contributed by atoms with E-state index in [0.717, 1.165) is 67.4 Å². The van der Waals surface area contributed by atoms with Crippen LogP contribution in [0.2, 0.25) is 0 Å². The summed E-state index contributed by atoms with van der Waals surface area (Å²) in [7, 11) is 0. The highest BCUT2D eigenvalue weighted by Gasteiger charge is 2.33. The minimum absolute atomic E-state index is 0.0292. The maximum atomic E-state index is 11.3. The second kappa shape index (κ2) is 11.4. The zero-order valence-electron chi connectivity index (χ0n) is 20.7. The summed E-state index contributed by atoms with van der Waals surface area (Å²) in [5, 5.41) is 29.6. The van der Waals surface area contributed by atoms with Crippen molar-refractivity contribution in [2.75, 3.05) is 52.5 Å². The van der Waals surface area contributed by atoms with Gasteiger partial charge in [0, 0.05) is 69.2 Å². The number of nitrogens with zero attached hydrogens (tertiary/aromatic N) is 4. The molecule has 0 amide bonds. The molecule has 0 spiro atoms. The largest absolute Gasteiger partial charge is 0.379 e. The predicted molar refractivity (Wildman–Crippen MR) is 147 cm³/mol. The molecule has 0 radical (unpaired) electrons. The molecule has 0 aliphatic carbocycles. The number of ether oxygens (including phenoxy) is 1. The fourth-order valence-corrected chi connectivity index (χ4v) is 5.27. The van der Waals surface area contributed by atoms with Gasteiger partial charge in [-0.1, -0.05) is 12.1 Å². The molecule has 0 aromatic heterocycles. The van der Waals surface area contributed by atoms with Gasteiger partial charge in [-0.3, -0.25) is 30.0 Å². The lowest BCUT2D eigenvalue weighted by atomic mass is 9.89. The second-order valence-electron chi connectivity index (χ2n) is 9.47. The number of nitro benzene ring substituents is 2. The Bertz CT molecular complexity index is 1310. The van der Waals surface area contributed by atoms with Crippen LogP contribution >= 0.6 is 12.2 Å². The molecule has 38 heavy (non-hydrogen) atoms. The first-order chi connectivity index (χ1) is 18.4. The molecule has 1 fully saturated rings. The highest BCUT2D eigenvalue weighted by Crippen LogP contribution is 2.35. The highest BCUT2D eigenvalue weighted by atomic mass is 32.1. The first-order valence-corrected chi connectivity index (χ1v) is 12.8. The van der Waals surface area contributed by atoms with Crippen LogP contribution in [-0.2, 0) is 4.74 Å². The second-order valence-corrected chi connectivity index (χ2v) is 9.87. The van der Waals surface area contributed by atoms with Gasteiger partial charge < -0.3 is 15.4 Å². The number of hydrogen-bond acceptors (Lipinski definition) is 8. The summed E-state index contributed by atoms with van der Waals surface area (Å²) < 4.78 is 5.48. The van der Waals surface area contributed by atoms with Crippen molar-refractivity contribution in [3.63, 3.8) is 0 Å². The Morgan fingerprint density at radius 1 is 0.974 bits per heavy atom. The third kappa shape index (κ3) is 5.89. The Labute approximate surface area is 225 Å².